The number of aryl methyl sites for hydroxylation is 1. The average molecular weight is 568 g/mol. The lowest BCUT2D eigenvalue weighted by atomic mass is 9.86. The van der Waals surface area contributed by atoms with Gasteiger partial charge in [-0.1, -0.05) is 86.6 Å². The van der Waals surface area contributed by atoms with E-state index in [1.807, 2.05) is 43.5 Å². The van der Waals surface area contributed by atoms with Crippen molar-refractivity contribution in [3.8, 4) is 11.1 Å². The fourth-order valence-corrected chi connectivity index (χ4v) is 5.86. The van der Waals surface area contributed by atoms with Crippen molar-refractivity contribution in [2.45, 2.75) is 64.3 Å². The van der Waals surface area contributed by atoms with Crippen LogP contribution in [0.25, 0.3) is 22.0 Å². The van der Waals surface area contributed by atoms with E-state index in [0.717, 1.165) is 35.0 Å². The van der Waals surface area contributed by atoms with Crippen LogP contribution in [-0.4, -0.2) is 40.8 Å². The number of hydrogen-bond acceptors (Lipinski definition) is 6. The van der Waals surface area contributed by atoms with E-state index in [-0.39, 0.29) is 24.4 Å². The van der Waals surface area contributed by atoms with E-state index >= 15 is 0 Å². The normalized spacial score (nSPS) is 21.1. The first-order chi connectivity index (χ1) is 20.1. The van der Waals surface area contributed by atoms with Gasteiger partial charge in [0.2, 0.25) is 0 Å². The predicted molar refractivity (Wildman–Crippen MR) is 167 cm³/mol. The molecule has 2 heterocycles. The molecule has 4 aromatic rings. The maximum atomic E-state index is 13.7. The highest BCUT2D eigenvalue weighted by molar-refractivity contribution is 5.86. The summed E-state index contributed by atoms with van der Waals surface area (Å²) < 4.78 is 0. The van der Waals surface area contributed by atoms with Gasteiger partial charge in [-0.3, -0.25) is 9.63 Å². The van der Waals surface area contributed by atoms with Gasteiger partial charge in [0, 0.05) is 23.6 Å². The Balaban J connectivity index is 1.29. The summed E-state index contributed by atoms with van der Waals surface area (Å²) in [7, 11) is 0. The maximum Gasteiger partial charge on any atom is 0.257 e. The standard InChI is InChI=1S/C34H41N5O3/c1-23-30(21-38-41)34(35,32(40)36-18-8-11-27-20-37-31-13-6-5-12-29(27)31)39(42-23)22-24-9-7-10-26(19-24)25-14-16-28(17-15-25)33(2,3)4/h5-7,9-10,12-17,19-20,23,30,37H,8,11,18,21-22,35H2,1-4H3,(H,36,40)/t23?,30-,34+/m1/s1. The van der Waals surface area contributed by atoms with Gasteiger partial charge < -0.3 is 16.0 Å². The number of aromatic amines is 1. The molecule has 8 heteroatoms. The number of hydrogen-bond donors (Lipinski definition) is 3. The summed E-state index contributed by atoms with van der Waals surface area (Å²) in [6, 6.07) is 24.9. The van der Waals surface area contributed by atoms with Crippen LogP contribution >= 0.6 is 0 Å². The van der Waals surface area contributed by atoms with Crippen molar-refractivity contribution in [2.24, 2.45) is 16.8 Å². The van der Waals surface area contributed by atoms with Crippen LogP contribution in [-0.2, 0) is 28.0 Å². The summed E-state index contributed by atoms with van der Waals surface area (Å²) >= 11 is 0. The Bertz CT molecular complexity index is 1540. The number of carbonyl (C=O) groups excluding carboxylic acids is 1. The Kier molecular flexibility index (Phi) is 8.59. The van der Waals surface area contributed by atoms with E-state index in [9.17, 15) is 9.70 Å². The first-order valence-corrected chi connectivity index (χ1v) is 14.7. The topological polar surface area (TPSA) is 113 Å². The van der Waals surface area contributed by atoms with Crippen molar-refractivity contribution in [1.82, 2.24) is 15.4 Å². The minimum atomic E-state index is -1.54. The fraction of sp³-hybridized carbons (Fsp3) is 0.382. The summed E-state index contributed by atoms with van der Waals surface area (Å²) in [5, 5.41) is 8.84. The third kappa shape index (κ3) is 6.02. The molecule has 3 aromatic carbocycles. The number of aromatic nitrogens is 1. The number of para-hydroxylation sites is 1. The molecule has 1 amide bonds. The van der Waals surface area contributed by atoms with Crippen LogP contribution in [0.4, 0.5) is 0 Å². The lowest BCUT2D eigenvalue weighted by molar-refractivity contribution is -0.194. The number of rotatable bonds is 10. The van der Waals surface area contributed by atoms with Gasteiger partial charge in [0.25, 0.3) is 5.91 Å². The molecule has 3 atom stereocenters. The summed E-state index contributed by atoms with van der Waals surface area (Å²) in [5.74, 6) is -0.954. The van der Waals surface area contributed by atoms with Crippen molar-refractivity contribution in [2.75, 3.05) is 13.1 Å². The number of nitrogens with zero attached hydrogens (tertiary/aromatic N) is 2. The van der Waals surface area contributed by atoms with Gasteiger partial charge in [-0.05, 0) is 65.1 Å². The zero-order valence-corrected chi connectivity index (χ0v) is 24.9. The number of nitrogens with one attached hydrogen (secondary N) is 2. The number of carbonyl (C=O) groups is 1. The van der Waals surface area contributed by atoms with Crippen LogP contribution in [0, 0.1) is 10.8 Å². The molecule has 1 fully saturated rings. The van der Waals surface area contributed by atoms with Crippen LogP contribution in [0.2, 0.25) is 0 Å². The zero-order valence-electron chi connectivity index (χ0n) is 24.9. The van der Waals surface area contributed by atoms with Gasteiger partial charge >= 0.3 is 0 Å². The highest BCUT2D eigenvalue weighted by atomic mass is 16.7. The van der Waals surface area contributed by atoms with Gasteiger partial charge in [0.05, 0.1) is 25.1 Å². The van der Waals surface area contributed by atoms with Crippen LogP contribution in [0.1, 0.15) is 50.8 Å². The van der Waals surface area contributed by atoms with E-state index < -0.39 is 17.7 Å². The summed E-state index contributed by atoms with van der Waals surface area (Å²) in [5.41, 5.74) is 12.1. The molecule has 1 aliphatic rings. The van der Waals surface area contributed by atoms with Crippen LogP contribution < -0.4 is 11.1 Å². The lowest BCUT2D eigenvalue weighted by Gasteiger charge is -2.34. The second-order valence-electron chi connectivity index (χ2n) is 12.3. The summed E-state index contributed by atoms with van der Waals surface area (Å²) in [6.07, 6.45) is 3.12. The molecule has 220 valence electrons. The number of benzene rings is 3. The van der Waals surface area contributed by atoms with Gasteiger partial charge in [0.1, 0.15) is 0 Å². The molecule has 4 N–H and O–H groups in total. The van der Waals surface area contributed by atoms with Crippen molar-refractivity contribution in [1.29, 1.82) is 0 Å². The van der Waals surface area contributed by atoms with Crippen LogP contribution in [0.3, 0.4) is 0 Å². The smallest absolute Gasteiger partial charge is 0.257 e. The first-order valence-electron chi connectivity index (χ1n) is 14.7. The molecule has 8 nitrogen and oxygen atoms in total. The highest BCUT2D eigenvalue weighted by Gasteiger charge is 2.56. The maximum absolute atomic E-state index is 13.7. The van der Waals surface area contributed by atoms with E-state index in [1.54, 1.807) is 0 Å². The SMILES string of the molecule is CC1ON(Cc2cccc(-c3ccc(C(C)(C)C)cc3)c2)[C@](N)(C(=O)NCCCc2c[nH]c3ccccc23)[C@@H]1CN=O. The van der Waals surface area contributed by atoms with Crippen LogP contribution in [0.5, 0.6) is 0 Å². The third-order valence-corrected chi connectivity index (χ3v) is 8.39. The van der Waals surface area contributed by atoms with E-state index in [4.69, 9.17) is 10.6 Å². The molecule has 1 aromatic heterocycles. The Hall–Kier alpha value is -3.85. The van der Waals surface area contributed by atoms with Gasteiger partial charge in [-0.2, -0.15) is 9.97 Å². The number of fused-ring (bicyclic) bond motifs is 1. The number of nitroso groups, excluding NO2 is 1. The fourth-order valence-electron chi connectivity index (χ4n) is 5.86. The number of nitrogens with two attached hydrogens (primary N) is 1. The van der Waals surface area contributed by atoms with Gasteiger partial charge in [-0.25, -0.2) is 0 Å². The van der Waals surface area contributed by atoms with Crippen molar-refractivity contribution in [3.63, 3.8) is 0 Å². The second-order valence-corrected chi connectivity index (χ2v) is 12.3. The van der Waals surface area contributed by atoms with E-state index in [1.165, 1.54) is 21.6 Å². The van der Waals surface area contributed by atoms with Gasteiger partial charge in [0.15, 0.2) is 5.66 Å². The molecule has 42 heavy (non-hydrogen) atoms. The minimum absolute atomic E-state index is 0.0819. The van der Waals surface area contributed by atoms with Crippen molar-refractivity contribution in [3.05, 3.63) is 101 Å². The zero-order chi connectivity index (χ0) is 29.9. The molecule has 0 aliphatic carbocycles. The van der Waals surface area contributed by atoms with Crippen LogP contribution in [0.15, 0.2) is 84.2 Å². The van der Waals surface area contributed by atoms with E-state index in [0.29, 0.717) is 6.54 Å². The molecule has 1 saturated heterocycles. The number of hydroxylamine groups is 2. The number of amides is 1. The molecule has 0 saturated carbocycles. The monoisotopic (exact) mass is 567 g/mol. The number of H-pyrrole nitrogens is 1. The highest BCUT2D eigenvalue weighted by Crippen LogP contribution is 2.36. The molecule has 5 rings (SSSR count). The molecule has 1 unspecified atom stereocenters. The lowest BCUT2D eigenvalue weighted by Crippen LogP contribution is -2.65. The van der Waals surface area contributed by atoms with Crippen molar-refractivity contribution < 1.29 is 9.63 Å². The molecule has 1 aliphatic heterocycles. The minimum Gasteiger partial charge on any atom is -0.361 e. The Morgan fingerprint density at radius 2 is 1.83 bits per heavy atom. The summed E-state index contributed by atoms with van der Waals surface area (Å²) in [6.45, 7) is 9.05. The molecule has 0 radical (unpaired) electrons. The van der Waals surface area contributed by atoms with Crippen molar-refractivity contribution >= 4 is 16.8 Å². The third-order valence-electron chi connectivity index (χ3n) is 8.39. The second kappa shape index (κ2) is 12.2. The Labute approximate surface area is 247 Å². The first kappa shape index (κ1) is 29.6. The van der Waals surface area contributed by atoms with Gasteiger partial charge in [-0.15, -0.1) is 0 Å². The quantitative estimate of drug-likeness (QED) is 0.159. The summed E-state index contributed by atoms with van der Waals surface area (Å²) in [4.78, 5) is 34.4. The Morgan fingerprint density at radius 1 is 1.07 bits per heavy atom. The average Bonchev–Trinajstić information content (AvgIpc) is 3.49. The molecule has 0 bridgehead atoms. The predicted octanol–water partition coefficient (Wildman–Crippen LogP) is 6.05. The molecule has 0 spiro atoms. The molecular weight excluding hydrogens is 526 g/mol. The Morgan fingerprint density at radius 3 is 2.57 bits per heavy atom. The largest absolute Gasteiger partial charge is 0.361 e. The molecular formula is C34H41N5O3. The van der Waals surface area contributed by atoms with E-state index in [2.05, 4.69) is 78.7 Å².